The second-order valence-corrected chi connectivity index (χ2v) is 15.9. The Morgan fingerprint density at radius 2 is 1.95 bits per heavy atom. The molecule has 1 fully saturated rings. The van der Waals surface area contributed by atoms with Gasteiger partial charge in [-0.2, -0.15) is 4.39 Å². The highest BCUT2D eigenvalue weighted by Crippen LogP contribution is 2.49. The van der Waals surface area contributed by atoms with Gasteiger partial charge in [0.15, 0.2) is 15.7 Å². The number of H-pyrrole nitrogens is 1. The average molecular weight is 669 g/mol. The third-order valence-corrected chi connectivity index (χ3v) is 9.94. The standard InChI is InChI=1S/C22H33Cl2FN3O9PS2/c1-11(2)36-17(31)12(3)27-38(39,34-7-8-40-19(32)21(4,5)6)35-10-14-15(29)22(23,24)18(37-14)28-9-13(25)16(30)26-20(28)33/h9,11-12,14-15,18,29H,7-8,10H2,1-6H3,(H,27,39)(H,26,30,33)/t12-,14-,15-,18-,38-/m1/s1. The van der Waals surface area contributed by atoms with Crippen molar-refractivity contribution < 1.29 is 37.6 Å². The fourth-order valence-electron chi connectivity index (χ4n) is 3.16. The second kappa shape index (κ2) is 14.1. The number of halogens is 3. The van der Waals surface area contributed by atoms with Crippen molar-refractivity contribution in [2.75, 3.05) is 19.0 Å². The molecule has 0 spiro atoms. The van der Waals surface area contributed by atoms with Gasteiger partial charge < -0.3 is 23.6 Å². The third-order valence-electron chi connectivity index (χ3n) is 5.21. The number of nitrogens with zero attached hydrogens (tertiary/aromatic N) is 1. The molecule has 0 aromatic carbocycles. The Hall–Kier alpha value is -0.870. The van der Waals surface area contributed by atoms with Gasteiger partial charge in [0.1, 0.15) is 18.2 Å². The predicted octanol–water partition coefficient (Wildman–Crippen LogP) is 2.60. The number of hydrogen-bond donors (Lipinski definition) is 3. The second-order valence-electron chi connectivity index (χ2n) is 10.1. The first-order valence-corrected chi connectivity index (χ1v) is 16.4. The molecular weight excluding hydrogens is 635 g/mol. The SMILES string of the molecule is CC(C)OC(=O)[C@@H](C)N[P@@](=S)(OCCSC(=O)C(C)(C)C)OC[C@H]1O[C@@H](n2cc(F)c(=O)[nH]c2=O)C(Cl)(Cl)[C@@H]1O. The van der Waals surface area contributed by atoms with Crippen molar-refractivity contribution in [2.45, 2.75) is 76.5 Å². The number of thioether (sulfide) groups is 1. The molecule has 1 aliphatic rings. The number of alkyl halides is 2. The summed E-state index contributed by atoms with van der Waals surface area (Å²) in [5.74, 6) is -1.69. The van der Waals surface area contributed by atoms with Crippen LogP contribution >= 0.6 is 41.6 Å². The predicted molar refractivity (Wildman–Crippen MR) is 153 cm³/mol. The summed E-state index contributed by atoms with van der Waals surface area (Å²) in [4.78, 5) is 50.0. The minimum absolute atomic E-state index is 0.0274. The number of carbonyl (C=O) groups is 2. The number of aromatic amines is 1. The lowest BCUT2D eigenvalue weighted by Crippen LogP contribution is -2.42. The van der Waals surface area contributed by atoms with E-state index in [0.29, 0.717) is 10.8 Å². The fourth-order valence-corrected chi connectivity index (χ4v) is 7.02. The van der Waals surface area contributed by atoms with E-state index in [1.807, 2.05) is 0 Å². The Balaban J connectivity index is 2.19. The summed E-state index contributed by atoms with van der Waals surface area (Å²) >= 11 is 19.2. The number of esters is 1. The lowest BCUT2D eigenvalue weighted by Gasteiger charge is -2.28. The molecule has 0 unspecified atom stereocenters. The summed E-state index contributed by atoms with van der Waals surface area (Å²) in [6.07, 6.45) is -4.44. The van der Waals surface area contributed by atoms with Gasteiger partial charge in [0.25, 0.3) is 12.2 Å². The lowest BCUT2D eigenvalue weighted by molar-refractivity contribution is -0.149. The van der Waals surface area contributed by atoms with Crippen LogP contribution in [0.2, 0.25) is 0 Å². The molecule has 228 valence electrons. The van der Waals surface area contributed by atoms with Crippen molar-refractivity contribution in [1.29, 1.82) is 0 Å². The van der Waals surface area contributed by atoms with Crippen molar-refractivity contribution in [3.8, 4) is 0 Å². The molecule has 1 aromatic rings. The van der Waals surface area contributed by atoms with E-state index in [4.69, 9.17) is 53.5 Å². The van der Waals surface area contributed by atoms with Crippen LogP contribution in [-0.2, 0) is 39.9 Å². The van der Waals surface area contributed by atoms with Crippen molar-refractivity contribution in [3.63, 3.8) is 0 Å². The van der Waals surface area contributed by atoms with Crippen LogP contribution in [0.15, 0.2) is 15.8 Å². The van der Waals surface area contributed by atoms with Gasteiger partial charge in [-0.3, -0.25) is 23.9 Å². The molecule has 40 heavy (non-hydrogen) atoms. The maximum atomic E-state index is 13.9. The molecule has 3 N–H and O–H groups in total. The third kappa shape index (κ3) is 9.32. The van der Waals surface area contributed by atoms with Crippen LogP contribution in [-0.4, -0.2) is 73.4 Å². The highest BCUT2D eigenvalue weighted by molar-refractivity contribution is 8.13. The van der Waals surface area contributed by atoms with Gasteiger partial charge in [-0.1, -0.05) is 55.7 Å². The largest absolute Gasteiger partial charge is 0.462 e. The molecule has 18 heteroatoms. The number of aromatic nitrogens is 2. The van der Waals surface area contributed by atoms with Crippen LogP contribution in [0.25, 0.3) is 0 Å². The quantitative estimate of drug-likeness (QED) is 0.130. The van der Waals surface area contributed by atoms with Crippen molar-refractivity contribution in [1.82, 2.24) is 14.6 Å². The zero-order valence-corrected chi connectivity index (χ0v) is 26.7. The molecule has 12 nitrogen and oxygen atoms in total. The molecule has 1 aliphatic heterocycles. The Morgan fingerprint density at radius 1 is 1.32 bits per heavy atom. The monoisotopic (exact) mass is 667 g/mol. The summed E-state index contributed by atoms with van der Waals surface area (Å²) in [5, 5.41) is 13.5. The molecule has 0 bridgehead atoms. The molecule has 5 atom stereocenters. The molecule has 1 aromatic heterocycles. The van der Waals surface area contributed by atoms with Crippen LogP contribution in [0.5, 0.6) is 0 Å². The van der Waals surface area contributed by atoms with Gasteiger partial charge in [0.2, 0.25) is 5.82 Å². The lowest BCUT2D eigenvalue weighted by atomic mass is 10.00. The molecule has 0 saturated carbocycles. The van der Waals surface area contributed by atoms with Gasteiger partial charge in [0.05, 0.1) is 25.5 Å². The van der Waals surface area contributed by atoms with Crippen LogP contribution < -0.4 is 16.3 Å². The number of aliphatic hydroxyl groups is 1. The summed E-state index contributed by atoms with van der Waals surface area (Å²) in [6.45, 7) is 6.18. The van der Waals surface area contributed by atoms with Gasteiger partial charge in [-0.05, 0) is 32.6 Å². The van der Waals surface area contributed by atoms with Crippen LogP contribution in [0, 0.1) is 11.2 Å². The summed E-state index contributed by atoms with van der Waals surface area (Å²) in [7, 11) is 0. The molecular formula is C22H33Cl2FN3O9PS2. The van der Waals surface area contributed by atoms with Gasteiger partial charge >= 0.3 is 11.7 Å². The maximum Gasteiger partial charge on any atom is 0.330 e. The molecule has 2 heterocycles. The highest BCUT2D eigenvalue weighted by atomic mass is 35.5. The summed E-state index contributed by atoms with van der Waals surface area (Å²) in [6, 6.07) is -0.956. The minimum atomic E-state index is -3.51. The molecule has 0 aliphatic carbocycles. The van der Waals surface area contributed by atoms with E-state index in [9.17, 15) is 28.7 Å². The average Bonchev–Trinajstić information content (AvgIpc) is 3.05. The molecule has 0 radical (unpaired) electrons. The molecule has 1 saturated heterocycles. The fraction of sp³-hybridized carbons (Fsp3) is 0.727. The van der Waals surface area contributed by atoms with E-state index < -0.39 is 76.6 Å². The van der Waals surface area contributed by atoms with Crippen LogP contribution in [0.3, 0.4) is 0 Å². The number of aliphatic hydroxyl groups excluding tert-OH is 1. The van der Waals surface area contributed by atoms with E-state index >= 15 is 0 Å². The number of hydrogen-bond acceptors (Lipinski definition) is 11. The first kappa shape index (κ1) is 35.3. The number of ether oxygens (including phenoxy) is 2. The maximum absolute atomic E-state index is 13.9. The summed E-state index contributed by atoms with van der Waals surface area (Å²) < 4.78 is 34.7. The molecule has 0 amide bonds. The Labute approximate surface area is 249 Å². The zero-order chi connectivity index (χ0) is 30.6. The van der Waals surface area contributed by atoms with E-state index in [1.165, 1.54) is 6.92 Å². The van der Waals surface area contributed by atoms with Crippen molar-refractivity contribution in [2.24, 2.45) is 5.41 Å². The van der Waals surface area contributed by atoms with Crippen molar-refractivity contribution >= 4 is 64.5 Å². The Morgan fingerprint density at radius 3 is 2.52 bits per heavy atom. The number of nitrogens with one attached hydrogen (secondary N) is 2. The van der Waals surface area contributed by atoms with Crippen LogP contribution in [0.1, 0.15) is 47.8 Å². The van der Waals surface area contributed by atoms with Crippen LogP contribution in [0.4, 0.5) is 4.39 Å². The van der Waals surface area contributed by atoms with E-state index in [1.54, 1.807) is 39.6 Å². The highest BCUT2D eigenvalue weighted by Gasteiger charge is 2.56. The van der Waals surface area contributed by atoms with E-state index in [0.717, 1.165) is 11.8 Å². The van der Waals surface area contributed by atoms with Gasteiger partial charge in [-0.15, -0.1) is 0 Å². The number of rotatable bonds is 12. The zero-order valence-electron chi connectivity index (χ0n) is 22.6. The van der Waals surface area contributed by atoms with E-state index in [-0.39, 0.29) is 17.5 Å². The first-order chi connectivity index (χ1) is 18.3. The molecule has 2 rings (SSSR count). The van der Waals surface area contributed by atoms with Gasteiger partial charge in [0, 0.05) is 11.2 Å². The minimum Gasteiger partial charge on any atom is -0.462 e. The first-order valence-electron chi connectivity index (χ1n) is 12.1. The summed E-state index contributed by atoms with van der Waals surface area (Å²) in [5.41, 5.74) is -2.90. The number of carbonyl (C=O) groups excluding carboxylic acids is 2. The topological polar surface area (TPSA) is 158 Å². The van der Waals surface area contributed by atoms with Crippen molar-refractivity contribution in [3.05, 3.63) is 32.9 Å². The Bertz CT molecular complexity index is 1240. The van der Waals surface area contributed by atoms with E-state index in [2.05, 4.69) is 5.09 Å². The normalized spacial score (nSPS) is 23.1. The Kier molecular flexibility index (Phi) is 12.4. The van der Waals surface area contributed by atoms with Gasteiger partial charge in [-0.25, -0.2) is 9.88 Å². The smallest absolute Gasteiger partial charge is 0.330 e.